The summed E-state index contributed by atoms with van der Waals surface area (Å²) in [5.74, 6) is -0.703. The number of benzene rings is 2. The smallest absolute Gasteiger partial charge is 0.293 e. The van der Waals surface area contributed by atoms with Crippen LogP contribution >= 0.6 is 34.7 Å². The van der Waals surface area contributed by atoms with Gasteiger partial charge >= 0.3 is 0 Å². The fourth-order valence-corrected chi connectivity index (χ4v) is 6.21. The second-order valence-electron chi connectivity index (χ2n) is 7.58. The number of thiophene rings is 1. The molecule has 0 bridgehead atoms. The van der Waals surface area contributed by atoms with E-state index in [9.17, 15) is 22.8 Å². The van der Waals surface area contributed by atoms with Crippen molar-refractivity contribution in [3.05, 3.63) is 80.3 Å². The molecule has 2 N–H and O–H groups in total. The van der Waals surface area contributed by atoms with E-state index in [0.29, 0.717) is 9.93 Å². The normalized spacial score (nSPS) is 14.8. The standard InChI is InChI=1S/C24H20ClN3O6S3/c1-34-20-8-7-16(25)13-19(20)27-37(32,33)18-6-2-4-15(12-18)22(29)26-9-10-28-23(30)21(36-24(28)31)14-17-5-3-11-35-17/h2-8,11-14,27H,9-10H2,1H3,(H,26,29)/b21-14+. The van der Waals surface area contributed by atoms with Crippen molar-refractivity contribution in [1.82, 2.24) is 10.2 Å². The van der Waals surface area contributed by atoms with E-state index in [4.69, 9.17) is 16.3 Å². The Morgan fingerprint density at radius 3 is 2.68 bits per heavy atom. The monoisotopic (exact) mass is 577 g/mol. The first kappa shape index (κ1) is 26.7. The van der Waals surface area contributed by atoms with Crippen LogP contribution in [0.4, 0.5) is 10.5 Å². The number of halogens is 1. The lowest BCUT2D eigenvalue weighted by atomic mass is 10.2. The zero-order valence-corrected chi connectivity index (χ0v) is 22.5. The summed E-state index contributed by atoms with van der Waals surface area (Å²) in [6.45, 7) is -0.0234. The lowest BCUT2D eigenvalue weighted by Crippen LogP contribution is -2.37. The second-order valence-corrected chi connectivity index (χ2v) is 11.7. The molecule has 37 heavy (non-hydrogen) atoms. The molecule has 0 saturated carbocycles. The van der Waals surface area contributed by atoms with Gasteiger partial charge in [-0.2, -0.15) is 0 Å². The highest BCUT2D eigenvalue weighted by atomic mass is 35.5. The summed E-state index contributed by atoms with van der Waals surface area (Å²) in [7, 11) is -2.67. The maximum Gasteiger partial charge on any atom is 0.293 e. The Bertz CT molecular complexity index is 1490. The van der Waals surface area contributed by atoms with Crippen LogP contribution < -0.4 is 14.8 Å². The Morgan fingerprint density at radius 2 is 1.95 bits per heavy atom. The van der Waals surface area contributed by atoms with Crippen LogP contribution in [0.3, 0.4) is 0 Å². The Labute approximate surface area is 226 Å². The van der Waals surface area contributed by atoms with Gasteiger partial charge in [-0.05, 0) is 65.7 Å². The number of anilines is 1. The van der Waals surface area contributed by atoms with Crippen LogP contribution in [0.25, 0.3) is 6.08 Å². The Morgan fingerprint density at radius 1 is 1.14 bits per heavy atom. The van der Waals surface area contributed by atoms with Crippen LogP contribution in [0, 0.1) is 0 Å². The summed E-state index contributed by atoms with van der Waals surface area (Å²) < 4.78 is 33.4. The van der Waals surface area contributed by atoms with Gasteiger partial charge in [0.1, 0.15) is 5.75 Å². The number of amides is 3. The Hall–Kier alpha value is -3.32. The van der Waals surface area contributed by atoms with Crippen LogP contribution in [-0.2, 0) is 14.8 Å². The number of carbonyl (C=O) groups excluding carboxylic acids is 3. The van der Waals surface area contributed by atoms with E-state index in [-0.39, 0.29) is 35.0 Å². The number of nitrogens with one attached hydrogen (secondary N) is 2. The van der Waals surface area contributed by atoms with Gasteiger partial charge in [-0.1, -0.05) is 23.7 Å². The van der Waals surface area contributed by atoms with Gasteiger partial charge in [0.25, 0.3) is 27.1 Å². The lowest BCUT2D eigenvalue weighted by Gasteiger charge is -2.14. The van der Waals surface area contributed by atoms with E-state index in [2.05, 4.69) is 10.0 Å². The van der Waals surface area contributed by atoms with Crippen LogP contribution in [0.5, 0.6) is 5.75 Å². The van der Waals surface area contributed by atoms with E-state index in [1.54, 1.807) is 12.1 Å². The number of methoxy groups -OCH3 is 1. The summed E-state index contributed by atoms with van der Waals surface area (Å²) in [6, 6.07) is 13.6. The number of sulfonamides is 1. The van der Waals surface area contributed by atoms with Crippen molar-refractivity contribution in [3.63, 3.8) is 0 Å². The van der Waals surface area contributed by atoms with Gasteiger partial charge in [-0.15, -0.1) is 11.3 Å². The highest BCUT2D eigenvalue weighted by Gasteiger charge is 2.34. The molecule has 1 aliphatic heterocycles. The third-order valence-corrected chi connectivity index (χ3v) is 8.45. The maximum absolute atomic E-state index is 12.9. The summed E-state index contributed by atoms with van der Waals surface area (Å²) in [4.78, 5) is 39.6. The van der Waals surface area contributed by atoms with E-state index >= 15 is 0 Å². The highest BCUT2D eigenvalue weighted by Crippen LogP contribution is 2.33. The SMILES string of the molecule is COc1ccc(Cl)cc1NS(=O)(=O)c1cccc(C(=O)NCCN2C(=O)S/C(=C/c3cccs3)C2=O)c1. The van der Waals surface area contributed by atoms with Gasteiger partial charge in [-0.3, -0.25) is 24.0 Å². The fraction of sp³-hybridized carbons (Fsp3) is 0.125. The van der Waals surface area contributed by atoms with Crippen LogP contribution in [0.2, 0.25) is 5.02 Å². The second kappa shape index (κ2) is 11.4. The molecule has 1 saturated heterocycles. The van der Waals surface area contributed by atoms with Crippen molar-refractivity contribution < 1.29 is 27.5 Å². The Kier molecular flexibility index (Phi) is 8.22. The first-order valence-corrected chi connectivity index (χ1v) is 14.3. The number of hydrogen-bond acceptors (Lipinski definition) is 8. The topological polar surface area (TPSA) is 122 Å². The molecule has 3 amide bonds. The van der Waals surface area contributed by atoms with Crippen molar-refractivity contribution >= 4 is 73.5 Å². The number of imide groups is 1. The van der Waals surface area contributed by atoms with Crippen molar-refractivity contribution in [3.8, 4) is 5.75 Å². The molecule has 1 fully saturated rings. The average molecular weight is 578 g/mol. The molecule has 0 atom stereocenters. The zero-order chi connectivity index (χ0) is 26.6. The molecule has 13 heteroatoms. The molecular weight excluding hydrogens is 558 g/mol. The average Bonchev–Trinajstić information content (AvgIpc) is 3.47. The fourth-order valence-electron chi connectivity index (χ4n) is 3.35. The molecule has 1 aromatic heterocycles. The van der Waals surface area contributed by atoms with Crippen molar-refractivity contribution in [2.45, 2.75) is 4.90 Å². The van der Waals surface area contributed by atoms with Gasteiger partial charge in [0, 0.05) is 28.6 Å². The van der Waals surface area contributed by atoms with E-state index in [1.165, 1.54) is 54.8 Å². The number of carbonyl (C=O) groups is 3. The van der Waals surface area contributed by atoms with Crippen molar-refractivity contribution in [2.75, 3.05) is 24.9 Å². The van der Waals surface area contributed by atoms with Gasteiger partial charge in [0.2, 0.25) is 0 Å². The van der Waals surface area contributed by atoms with Crippen LogP contribution in [-0.4, -0.2) is 50.6 Å². The number of thioether (sulfide) groups is 1. The molecule has 3 aromatic rings. The molecule has 192 valence electrons. The molecule has 0 aliphatic carbocycles. The predicted molar refractivity (Wildman–Crippen MR) is 145 cm³/mol. The largest absolute Gasteiger partial charge is 0.495 e. The zero-order valence-electron chi connectivity index (χ0n) is 19.3. The van der Waals surface area contributed by atoms with Crippen LogP contribution in [0.15, 0.2) is 69.8 Å². The third-order valence-electron chi connectivity index (χ3n) is 5.12. The first-order valence-electron chi connectivity index (χ1n) is 10.7. The van der Waals surface area contributed by atoms with E-state index < -0.39 is 27.1 Å². The molecule has 4 rings (SSSR count). The van der Waals surface area contributed by atoms with E-state index in [1.807, 2.05) is 17.5 Å². The molecule has 1 aliphatic rings. The number of ether oxygens (including phenoxy) is 1. The maximum atomic E-state index is 12.9. The van der Waals surface area contributed by atoms with Crippen molar-refractivity contribution in [1.29, 1.82) is 0 Å². The molecule has 2 heterocycles. The molecule has 2 aromatic carbocycles. The third kappa shape index (κ3) is 6.34. The molecule has 0 spiro atoms. The van der Waals surface area contributed by atoms with Crippen LogP contribution in [0.1, 0.15) is 15.2 Å². The summed E-state index contributed by atoms with van der Waals surface area (Å²) >= 11 is 8.27. The first-order chi connectivity index (χ1) is 17.7. The summed E-state index contributed by atoms with van der Waals surface area (Å²) in [5, 5.41) is 4.38. The minimum absolute atomic E-state index is 0.00189. The molecule has 0 unspecified atom stereocenters. The van der Waals surface area contributed by atoms with Gasteiger partial charge in [0.15, 0.2) is 0 Å². The highest BCUT2D eigenvalue weighted by molar-refractivity contribution is 8.18. The quantitative estimate of drug-likeness (QED) is 0.354. The minimum Gasteiger partial charge on any atom is -0.495 e. The minimum atomic E-state index is -4.07. The summed E-state index contributed by atoms with van der Waals surface area (Å²) in [6.07, 6.45) is 1.66. The summed E-state index contributed by atoms with van der Waals surface area (Å²) in [5.41, 5.74) is 0.239. The number of nitrogens with zero attached hydrogens (tertiary/aromatic N) is 1. The lowest BCUT2D eigenvalue weighted by molar-refractivity contribution is -0.122. The number of hydrogen-bond donors (Lipinski definition) is 2. The number of rotatable bonds is 9. The van der Waals surface area contributed by atoms with Crippen molar-refractivity contribution in [2.24, 2.45) is 0 Å². The van der Waals surface area contributed by atoms with E-state index in [0.717, 1.165) is 21.5 Å². The van der Waals surface area contributed by atoms with Gasteiger partial charge in [0.05, 0.1) is 22.6 Å². The molecular formula is C24H20ClN3O6S3. The molecule has 0 radical (unpaired) electrons. The molecule has 9 nitrogen and oxygen atoms in total. The van der Waals surface area contributed by atoms with Gasteiger partial charge in [-0.25, -0.2) is 8.42 Å². The Balaban J connectivity index is 1.39. The predicted octanol–water partition coefficient (Wildman–Crippen LogP) is 4.68. The van der Waals surface area contributed by atoms with Gasteiger partial charge < -0.3 is 10.1 Å².